The number of aliphatic hydroxyl groups is 1. The summed E-state index contributed by atoms with van der Waals surface area (Å²) in [7, 11) is 0. The molecule has 0 aliphatic carbocycles. The van der Waals surface area contributed by atoms with E-state index in [0.29, 0.717) is 6.61 Å². The Balaban J connectivity index is 2.36. The monoisotopic (exact) mass is 288 g/mol. The number of hydrogen-bond acceptors (Lipinski definition) is 3. The Kier molecular flexibility index (Phi) is 6.45. The summed E-state index contributed by atoms with van der Waals surface area (Å²) in [6, 6.07) is 5.57. The van der Waals surface area contributed by atoms with Gasteiger partial charge in [0, 0.05) is 19.6 Å². The summed E-state index contributed by atoms with van der Waals surface area (Å²) in [4.78, 5) is 0. The average molecular weight is 289 g/mol. The van der Waals surface area contributed by atoms with Crippen LogP contribution in [0, 0.1) is 0 Å². The minimum Gasteiger partial charge on any atom is -0.492 e. The van der Waals surface area contributed by atoms with E-state index in [1.807, 2.05) is 25.1 Å². The summed E-state index contributed by atoms with van der Waals surface area (Å²) in [6.07, 6.45) is 0.877. The van der Waals surface area contributed by atoms with Crippen molar-refractivity contribution in [2.24, 2.45) is 0 Å². The lowest BCUT2D eigenvalue weighted by Gasteiger charge is -2.09. The molecule has 0 saturated carbocycles. The van der Waals surface area contributed by atoms with Crippen molar-refractivity contribution in [3.8, 4) is 5.75 Å². The van der Waals surface area contributed by atoms with Crippen LogP contribution in [0.5, 0.6) is 5.75 Å². The van der Waals surface area contributed by atoms with E-state index in [0.717, 1.165) is 35.4 Å². The Morgan fingerprint density at radius 3 is 2.75 bits per heavy atom. The lowest BCUT2D eigenvalue weighted by Crippen LogP contribution is -2.03. The van der Waals surface area contributed by atoms with Crippen LogP contribution in [0.2, 0.25) is 0 Å². The Bertz CT molecular complexity index is 315. The molecule has 0 aliphatic rings. The molecule has 1 N–H and O–H groups in total. The standard InChI is InChI=1S/C12H17BrO3/c1-2-15-6-3-7-16-12-5-4-10(9-14)8-11(12)13/h4-5,8,14H,2-3,6-7,9H2,1H3. The highest BCUT2D eigenvalue weighted by Crippen LogP contribution is 2.26. The number of ether oxygens (including phenoxy) is 2. The SMILES string of the molecule is CCOCCCOc1ccc(CO)cc1Br. The number of halogens is 1. The summed E-state index contributed by atoms with van der Waals surface area (Å²) < 4.78 is 11.7. The minimum atomic E-state index is 0.0449. The molecule has 90 valence electrons. The van der Waals surface area contributed by atoms with Gasteiger partial charge in [-0.25, -0.2) is 0 Å². The van der Waals surface area contributed by atoms with E-state index in [1.165, 1.54) is 0 Å². The van der Waals surface area contributed by atoms with Crippen molar-refractivity contribution >= 4 is 15.9 Å². The molecule has 1 aromatic rings. The molecule has 1 aromatic carbocycles. The maximum Gasteiger partial charge on any atom is 0.133 e. The Morgan fingerprint density at radius 2 is 2.12 bits per heavy atom. The molecule has 0 radical (unpaired) electrons. The molecule has 16 heavy (non-hydrogen) atoms. The third kappa shape index (κ3) is 4.51. The molecule has 0 bridgehead atoms. The molecule has 0 aliphatic heterocycles. The molecule has 0 atom stereocenters. The first-order valence-electron chi connectivity index (χ1n) is 5.37. The molecular formula is C12H17BrO3. The maximum absolute atomic E-state index is 8.95. The molecule has 0 unspecified atom stereocenters. The first-order chi connectivity index (χ1) is 7.77. The quantitative estimate of drug-likeness (QED) is 0.784. The molecular weight excluding hydrogens is 272 g/mol. The van der Waals surface area contributed by atoms with Gasteiger partial charge in [0.15, 0.2) is 0 Å². The van der Waals surface area contributed by atoms with Gasteiger partial charge in [0.05, 0.1) is 17.7 Å². The van der Waals surface area contributed by atoms with Crippen LogP contribution < -0.4 is 4.74 Å². The third-order valence-corrected chi connectivity index (χ3v) is 2.69. The molecule has 1 rings (SSSR count). The van der Waals surface area contributed by atoms with E-state index in [-0.39, 0.29) is 6.61 Å². The van der Waals surface area contributed by atoms with Gasteiger partial charge in [0.1, 0.15) is 5.75 Å². The second-order valence-electron chi connectivity index (χ2n) is 3.32. The summed E-state index contributed by atoms with van der Waals surface area (Å²) in [5.41, 5.74) is 0.869. The Labute approximate surface area is 105 Å². The van der Waals surface area contributed by atoms with Crippen molar-refractivity contribution in [1.29, 1.82) is 0 Å². The van der Waals surface area contributed by atoms with Crippen LogP contribution in [-0.4, -0.2) is 24.9 Å². The molecule has 0 heterocycles. The smallest absolute Gasteiger partial charge is 0.133 e. The Hall–Kier alpha value is -0.580. The van der Waals surface area contributed by atoms with Crippen LogP contribution in [0.15, 0.2) is 22.7 Å². The fraction of sp³-hybridized carbons (Fsp3) is 0.500. The number of aliphatic hydroxyl groups excluding tert-OH is 1. The van der Waals surface area contributed by atoms with Gasteiger partial charge in [-0.05, 0) is 40.5 Å². The summed E-state index contributed by atoms with van der Waals surface area (Å²) >= 11 is 3.40. The van der Waals surface area contributed by atoms with Crippen molar-refractivity contribution in [1.82, 2.24) is 0 Å². The van der Waals surface area contributed by atoms with Crippen LogP contribution in [0.1, 0.15) is 18.9 Å². The fourth-order valence-electron chi connectivity index (χ4n) is 1.25. The summed E-state index contributed by atoms with van der Waals surface area (Å²) in [5, 5.41) is 8.95. The van der Waals surface area contributed by atoms with E-state index < -0.39 is 0 Å². The van der Waals surface area contributed by atoms with Crippen molar-refractivity contribution < 1.29 is 14.6 Å². The molecule has 3 nitrogen and oxygen atoms in total. The highest BCUT2D eigenvalue weighted by Gasteiger charge is 2.01. The average Bonchev–Trinajstić information content (AvgIpc) is 2.30. The van der Waals surface area contributed by atoms with Crippen LogP contribution in [0.25, 0.3) is 0 Å². The second kappa shape index (κ2) is 7.65. The zero-order valence-corrected chi connectivity index (χ0v) is 11.0. The van der Waals surface area contributed by atoms with E-state index >= 15 is 0 Å². The van der Waals surface area contributed by atoms with Gasteiger partial charge >= 0.3 is 0 Å². The molecule has 0 amide bonds. The molecule has 0 fully saturated rings. The minimum absolute atomic E-state index is 0.0449. The van der Waals surface area contributed by atoms with Gasteiger partial charge < -0.3 is 14.6 Å². The van der Waals surface area contributed by atoms with E-state index in [1.54, 1.807) is 0 Å². The highest BCUT2D eigenvalue weighted by molar-refractivity contribution is 9.10. The van der Waals surface area contributed by atoms with E-state index in [4.69, 9.17) is 14.6 Å². The number of rotatable bonds is 7. The zero-order chi connectivity index (χ0) is 11.8. The van der Waals surface area contributed by atoms with Gasteiger partial charge in [-0.15, -0.1) is 0 Å². The summed E-state index contributed by atoms with van der Waals surface area (Å²) in [5.74, 6) is 0.800. The number of benzene rings is 1. The van der Waals surface area contributed by atoms with Gasteiger partial charge in [-0.2, -0.15) is 0 Å². The Morgan fingerprint density at radius 1 is 1.31 bits per heavy atom. The van der Waals surface area contributed by atoms with Crippen molar-refractivity contribution in [3.05, 3.63) is 28.2 Å². The molecule has 0 aromatic heterocycles. The second-order valence-corrected chi connectivity index (χ2v) is 4.18. The highest BCUT2D eigenvalue weighted by atomic mass is 79.9. The van der Waals surface area contributed by atoms with Gasteiger partial charge in [0.25, 0.3) is 0 Å². The number of hydrogen-bond donors (Lipinski definition) is 1. The van der Waals surface area contributed by atoms with Gasteiger partial charge in [-0.1, -0.05) is 6.07 Å². The van der Waals surface area contributed by atoms with Crippen LogP contribution in [0.3, 0.4) is 0 Å². The topological polar surface area (TPSA) is 38.7 Å². The molecule has 0 spiro atoms. The predicted molar refractivity (Wildman–Crippen MR) is 66.7 cm³/mol. The lowest BCUT2D eigenvalue weighted by atomic mass is 10.2. The zero-order valence-electron chi connectivity index (χ0n) is 9.41. The van der Waals surface area contributed by atoms with Crippen LogP contribution in [0.4, 0.5) is 0 Å². The van der Waals surface area contributed by atoms with Gasteiger partial charge in [-0.3, -0.25) is 0 Å². The first kappa shape index (κ1) is 13.5. The van der Waals surface area contributed by atoms with Crippen molar-refractivity contribution in [3.63, 3.8) is 0 Å². The van der Waals surface area contributed by atoms with Crippen molar-refractivity contribution in [2.45, 2.75) is 20.0 Å². The lowest BCUT2D eigenvalue weighted by molar-refractivity contribution is 0.130. The third-order valence-electron chi connectivity index (χ3n) is 2.07. The predicted octanol–water partition coefficient (Wildman–Crippen LogP) is 2.75. The fourth-order valence-corrected chi connectivity index (χ4v) is 1.79. The van der Waals surface area contributed by atoms with Crippen molar-refractivity contribution in [2.75, 3.05) is 19.8 Å². The van der Waals surface area contributed by atoms with Crippen LogP contribution in [-0.2, 0) is 11.3 Å². The van der Waals surface area contributed by atoms with Crippen LogP contribution >= 0.6 is 15.9 Å². The maximum atomic E-state index is 8.95. The first-order valence-corrected chi connectivity index (χ1v) is 6.17. The molecule has 4 heteroatoms. The van der Waals surface area contributed by atoms with E-state index in [9.17, 15) is 0 Å². The summed E-state index contributed by atoms with van der Waals surface area (Å²) in [6.45, 7) is 4.13. The molecule has 0 saturated heterocycles. The van der Waals surface area contributed by atoms with E-state index in [2.05, 4.69) is 15.9 Å². The van der Waals surface area contributed by atoms with Gasteiger partial charge in [0.2, 0.25) is 0 Å². The normalized spacial score (nSPS) is 10.4. The largest absolute Gasteiger partial charge is 0.492 e.